The number of phenolic OH excluding ortho intramolecular Hbond substituents is 2. The van der Waals surface area contributed by atoms with E-state index >= 15 is 0 Å². The third-order valence-corrected chi connectivity index (χ3v) is 5.73. The molecule has 4 rings (SSSR count). The smallest absolute Gasteiger partial charge is 0.254 e. The zero-order chi connectivity index (χ0) is 20.4. The normalized spacial score (nSPS) is 13.4. The van der Waals surface area contributed by atoms with Crippen LogP contribution in [0.1, 0.15) is 36.9 Å². The lowest BCUT2D eigenvalue weighted by Gasteiger charge is -2.14. The van der Waals surface area contributed by atoms with Crippen LogP contribution < -0.4 is 10.9 Å². The average molecular weight is 415 g/mol. The molecule has 0 fully saturated rings. The number of thioether (sulfide) groups is 1. The second kappa shape index (κ2) is 8.16. The summed E-state index contributed by atoms with van der Waals surface area (Å²) in [6, 6.07) is 2.60. The molecule has 1 aliphatic rings. The third-order valence-electron chi connectivity index (χ3n) is 4.77. The largest absolute Gasteiger partial charge is 0.508 e. The van der Waals surface area contributed by atoms with Crippen molar-refractivity contribution in [3.8, 4) is 11.5 Å². The maximum absolute atomic E-state index is 12.1. The first-order valence-electron chi connectivity index (χ1n) is 9.46. The number of anilines is 1. The number of rotatable bonds is 6. The minimum atomic E-state index is -0.222. The Hall–Kier alpha value is -3.01. The summed E-state index contributed by atoms with van der Waals surface area (Å²) in [4.78, 5) is 38.6. The number of fused-ring (bicyclic) bond motifs is 2. The quantitative estimate of drug-likeness (QED) is 0.236. The van der Waals surface area contributed by atoms with Crippen LogP contribution in [0.2, 0.25) is 0 Å². The first kappa shape index (κ1) is 19.3. The number of nitrogens with zero attached hydrogens (tertiary/aromatic N) is 2. The molecule has 152 valence electrons. The zero-order valence-corrected chi connectivity index (χ0v) is 16.4. The molecule has 1 amide bonds. The van der Waals surface area contributed by atoms with Gasteiger partial charge in [-0.2, -0.15) is 0 Å². The first-order valence-corrected chi connectivity index (χ1v) is 10.4. The molecular formula is C19H21N5O4S. The van der Waals surface area contributed by atoms with E-state index in [2.05, 4.69) is 25.3 Å². The molecule has 1 aromatic carbocycles. The van der Waals surface area contributed by atoms with Crippen molar-refractivity contribution in [2.75, 3.05) is 11.1 Å². The summed E-state index contributed by atoms with van der Waals surface area (Å²) in [6.45, 7) is 0. The minimum absolute atomic E-state index is 0.0471. The number of benzene rings is 1. The monoisotopic (exact) mass is 415 g/mol. The number of aromatic nitrogens is 4. The van der Waals surface area contributed by atoms with E-state index in [4.69, 9.17) is 0 Å². The molecular weight excluding hydrogens is 394 g/mol. The lowest BCUT2D eigenvalue weighted by atomic mass is 9.97. The van der Waals surface area contributed by atoms with Crippen molar-refractivity contribution in [3.05, 3.63) is 33.7 Å². The van der Waals surface area contributed by atoms with Crippen molar-refractivity contribution in [1.82, 2.24) is 19.9 Å². The van der Waals surface area contributed by atoms with Crippen molar-refractivity contribution < 1.29 is 15.0 Å². The number of H-pyrrole nitrogens is 2. The van der Waals surface area contributed by atoms with Gasteiger partial charge in [-0.05, 0) is 32.1 Å². The summed E-state index contributed by atoms with van der Waals surface area (Å²) in [5, 5.41) is 22.5. The molecule has 9 nitrogen and oxygen atoms in total. The van der Waals surface area contributed by atoms with Crippen molar-refractivity contribution in [3.63, 3.8) is 0 Å². The summed E-state index contributed by atoms with van der Waals surface area (Å²) < 4.78 is 0. The van der Waals surface area contributed by atoms with E-state index in [0.29, 0.717) is 22.8 Å². The number of nitrogens with one attached hydrogen (secondary N) is 3. The van der Waals surface area contributed by atoms with Crippen LogP contribution in [0.15, 0.2) is 22.1 Å². The average Bonchev–Trinajstić information content (AvgIpc) is 3.08. The van der Waals surface area contributed by atoms with E-state index in [-0.39, 0.29) is 40.9 Å². The molecule has 2 heterocycles. The van der Waals surface area contributed by atoms with Gasteiger partial charge >= 0.3 is 0 Å². The van der Waals surface area contributed by atoms with Gasteiger partial charge in [-0.1, -0.05) is 11.8 Å². The molecule has 0 bridgehead atoms. The molecule has 0 saturated heterocycles. The molecule has 0 radical (unpaired) electrons. The summed E-state index contributed by atoms with van der Waals surface area (Å²) in [6.07, 6.45) is 4.61. The van der Waals surface area contributed by atoms with Gasteiger partial charge in [0.05, 0.1) is 11.2 Å². The number of aromatic hydroxyl groups is 2. The summed E-state index contributed by atoms with van der Waals surface area (Å²) >= 11 is 1.43. The number of aryl methyl sites for hydroxylation is 1. The second-order valence-electron chi connectivity index (χ2n) is 6.95. The molecule has 0 atom stereocenters. The lowest BCUT2D eigenvalue weighted by Crippen LogP contribution is -2.21. The summed E-state index contributed by atoms with van der Waals surface area (Å²) in [5.74, 6) is 0.366. The Morgan fingerprint density at radius 3 is 2.86 bits per heavy atom. The van der Waals surface area contributed by atoms with Crippen LogP contribution in [0, 0.1) is 0 Å². The summed E-state index contributed by atoms with van der Waals surface area (Å²) in [5.41, 5.74) is 2.37. The van der Waals surface area contributed by atoms with Crippen molar-refractivity contribution >= 4 is 34.7 Å². The SMILES string of the molecule is O=C(CCCSc1nc2c(c(=O)[nH]1)CCCC2)Nc1nc2c(O)cc(O)cc2[nH]1. The Bertz CT molecular complexity index is 1120. The highest BCUT2D eigenvalue weighted by Crippen LogP contribution is 2.29. The van der Waals surface area contributed by atoms with E-state index in [0.717, 1.165) is 36.9 Å². The Balaban J connectivity index is 1.29. The van der Waals surface area contributed by atoms with Crippen LogP contribution in [0.5, 0.6) is 11.5 Å². The second-order valence-corrected chi connectivity index (χ2v) is 8.03. The van der Waals surface area contributed by atoms with Crippen LogP contribution in [0.4, 0.5) is 5.95 Å². The highest BCUT2D eigenvalue weighted by Gasteiger charge is 2.16. The maximum atomic E-state index is 12.1. The van der Waals surface area contributed by atoms with Crippen LogP contribution in [-0.4, -0.2) is 41.8 Å². The Labute approximate surface area is 170 Å². The van der Waals surface area contributed by atoms with Crippen molar-refractivity contribution in [2.45, 2.75) is 43.7 Å². The third kappa shape index (κ3) is 4.37. The number of carbonyl (C=O) groups excluding carboxylic acids is 1. The van der Waals surface area contributed by atoms with E-state index in [1.54, 1.807) is 0 Å². The molecule has 29 heavy (non-hydrogen) atoms. The maximum Gasteiger partial charge on any atom is 0.254 e. The van der Waals surface area contributed by atoms with E-state index < -0.39 is 0 Å². The fourth-order valence-electron chi connectivity index (χ4n) is 3.39. The Kier molecular flexibility index (Phi) is 5.43. The van der Waals surface area contributed by atoms with Gasteiger partial charge in [0.2, 0.25) is 11.9 Å². The van der Waals surface area contributed by atoms with Crippen LogP contribution in [0.3, 0.4) is 0 Å². The van der Waals surface area contributed by atoms with Gasteiger partial charge in [0.25, 0.3) is 5.56 Å². The minimum Gasteiger partial charge on any atom is -0.508 e. The molecule has 2 aromatic heterocycles. The predicted molar refractivity (Wildman–Crippen MR) is 110 cm³/mol. The highest BCUT2D eigenvalue weighted by molar-refractivity contribution is 7.99. The fourth-order valence-corrected chi connectivity index (χ4v) is 4.21. The van der Waals surface area contributed by atoms with Crippen LogP contribution >= 0.6 is 11.8 Å². The van der Waals surface area contributed by atoms with Crippen LogP contribution in [-0.2, 0) is 17.6 Å². The molecule has 0 unspecified atom stereocenters. The van der Waals surface area contributed by atoms with Gasteiger partial charge in [-0.25, -0.2) is 9.97 Å². The first-order chi connectivity index (χ1) is 14.0. The number of amides is 1. The van der Waals surface area contributed by atoms with E-state index in [1.165, 1.54) is 23.9 Å². The van der Waals surface area contributed by atoms with Gasteiger partial charge in [-0.3, -0.25) is 14.9 Å². The van der Waals surface area contributed by atoms with Gasteiger partial charge in [0.15, 0.2) is 5.16 Å². The number of carbonyl (C=O) groups is 1. The number of hydrogen-bond donors (Lipinski definition) is 5. The standard InChI is InChI=1S/C19H21N5O4S/c25-10-8-13-16(14(26)9-10)23-18(20-13)22-15(27)6-3-7-29-19-21-12-5-2-1-4-11(12)17(28)24-19/h8-9,25-26H,1-7H2,(H,21,24,28)(H2,20,22,23,27). The number of imidazole rings is 1. The predicted octanol–water partition coefficient (Wildman–Crippen LogP) is 2.45. The molecule has 10 heteroatoms. The summed E-state index contributed by atoms with van der Waals surface area (Å²) in [7, 11) is 0. The fraction of sp³-hybridized carbons (Fsp3) is 0.368. The van der Waals surface area contributed by atoms with Gasteiger partial charge in [-0.15, -0.1) is 0 Å². The molecule has 1 aliphatic carbocycles. The van der Waals surface area contributed by atoms with Crippen LogP contribution in [0.25, 0.3) is 11.0 Å². The molecule has 0 saturated carbocycles. The van der Waals surface area contributed by atoms with Gasteiger partial charge in [0, 0.05) is 29.9 Å². The van der Waals surface area contributed by atoms with E-state index in [9.17, 15) is 19.8 Å². The molecule has 5 N–H and O–H groups in total. The topological polar surface area (TPSA) is 144 Å². The van der Waals surface area contributed by atoms with Gasteiger partial charge in [0.1, 0.15) is 17.0 Å². The molecule has 3 aromatic rings. The van der Waals surface area contributed by atoms with Crippen molar-refractivity contribution in [2.24, 2.45) is 0 Å². The van der Waals surface area contributed by atoms with E-state index in [1.807, 2.05) is 0 Å². The molecule has 0 spiro atoms. The van der Waals surface area contributed by atoms with Gasteiger partial charge < -0.3 is 20.2 Å². The number of hydrogen-bond acceptors (Lipinski definition) is 7. The lowest BCUT2D eigenvalue weighted by molar-refractivity contribution is -0.116. The number of phenols is 2. The Morgan fingerprint density at radius 1 is 1.17 bits per heavy atom. The Morgan fingerprint density at radius 2 is 2.00 bits per heavy atom. The number of aromatic amines is 2. The van der Waals surface area contributed by atoms with Crippen molar-refractivity contribution in [1.29, 1.82) is 0 Å². The highest BCUT2D eigenvalue weighted by atomic mass is 32.2. The zero-order valence-electron chi connectivity index (χ0n) is 15.6. The molecule has 0 aliphatic heterocycles.